The van der Waals surface area contributed by atoms with Crippen LogP contribution in [0.5, 0.6) is 0 Å². The van der Waals surface area contributed by atoms with Crippen molar-refractivity contribution in [3.05, 3.63) is 0 Å². The molecule has 1 atom stereocenters. The molecule has 2 heterocycles. The van der Waals surface area contributed by atoms with Gasteiger partial charge in [0.2, 0.25) is 0 Å². The molecule has 2 saturated heterocycles. The van der Waals surface area contributed by atoms with E-state index in [1.165, 1.54) is 6.26 Å². The molecule has 0 aromatic carbocycles. The quantitative estimate of drug-likeness (QED) is 0.203. The summed E-state index contributed by atoms with van der Waals surface area (Å²) in [6.07, 6.45) is 2.71. The number of hydrogen-bond acceptors (Lipinski definition) is 6. The van der Waals surface area contributed by atoms with Crippen molar-refractivity contribution in [2.45, 2.75) is 25.9 Å². The third kappa shape index (κ3) is 8.78. The van der Waals surface area contributed by atoms with Gasteiger partial charge in [-0.25, -0.2) is 8.42 Å². The molecule has 2 aliphatic rings. The minimum Gasteiger partial charge on any atom is -0.378 e. The van der Waals surface area contributed by atoms with E-state index < -0.39 is 9.84 Å². The van der Waals surface area contributed by atoms with Gasteiger partial charge in [-0.1, -0.05) is 0 Å². The summed E-state index contributed by atoms with van der Waals surface area (Å²) in [5, 5.41) is 3.26. The maximum atomic E-state index is 12.4. The number of guanidine groups is 1. The van der Waals surface area contributed by atoms with Crippen LogP contribution in [0.25, 0.3) is 0 Å². The Bertz CT molecular complexity index is 603. The van der Waals surface area contributed by atoms with Crippen molar-refractivity contribution in [1.29, 1.82) is 0 Å². The van der Waals surface area contributed by atoms with Crippen molar-refractivity contribution in [3.63, 3.8) is 0 Å². The topological polar surface area (TPSA) is 101 Å². The molecule has 0 saturated carbocycles. The maximum Gasteiger partial charge on any atom is 0.251 e. The minimum atomic E-state index is -2.99. The summed E-state index contributed by atoms with van der Waals surface area (Å²) in [5.41, 5.74) is 0. The van der Waals surface area contributed by atoms with Crippen LogP contribution < -0.4 is 5.32 Å². The van der Waals surface area contributed by atoms with Crippen LogP contribution in [0.2, 0.25) is 0 Å². The Balaban J connectivity index is 0.00000392. The predicted molar refractivity (Wildman–Crippen MR) is 119 cm³/mol. The lowest BCUT2D eigenvalue weighted by Gasteiger charge is -2.37. The van der Waals surface area contributed by atoms with E-state index in [2.05, 4.69) is 15.2 Å². The van der Waals surface area contributed by atoms with Crippen molar-refractivity contribution in [2.24, 2.45) is 4.99 Å². The molecule has 11 heteroatoms. The number of amides is 1. The summed E-state index contributed by atoms with van der Waals surface area (Å²) in [4.78, 5) is 21.0. The van der Waals surface area contributed by atoms with Crippen molar-refractivity contribution < 1.29 is 22.7 Å². The Hall–Kier alpha value is -0.660. The van der Waals surface area contributed by atoms with Gasteiger partial charge < -0.3 is 24.6 Å². The highest BCUT2D eigenvalue weighted by atomic mass is 127. The molecule has 0 bridgehead atoms. The molecule has 28 heavy (non-hydrogen) atoms. The van der Waals surface area contributed by atoms with Crippen molar-refractivity contribution in [2.75, 3.05) is 71.1 Å². The van der Waals surface area contributed by atoms with E-state index >= 15 is 0 Å². The van der Waals surface area contributed by atoms with Crippen LogP contribution in [0.4, 0.5) is 0 Å². The third-order valence-electron chi connectivity index (χ3n) is 4.53. The summed E-state index contributed by atoms with van der Waals surface area (Å²) < 4.78 is 33.0. The summed E-state index contributed by atoms with van der Waals surface area (Å²) in [7, 11) is -2.99. The first-order valence-electron chi connectivity index (χ1n) is 9.60. The lowest BCUT2D eigenvalue weighted by atomic mass is 10.2. The monoisotopic (exact) mass is 532 g/mol. The van der Waals surface area contributed by atoms with Crippen LogP contribution in [0, 0.1) is 0 Å². The number of ether oxygens (including phenoxy) is 2. The van der Waals surface area contributed by atoms with E-state index in [1.54, 1.807) is 0 Å². The van der Waals surface area contributed by atoms with Crippen LogP contribution >= 0.6 is 24.0 Å². The Morgan fingerprint density at radius 3 is 2.46 bits per heavy atom. The second-order valence-corrected chi connectivity index (χ2v) is 9.05. The number of hydrogen-bond donors (Lipinski definition) is 1. The molecule has 2 fully saturated rings. The molecule has 0 spiro atoms. The summed E-state index contributed by atoms with van der Waals surface area (Å²) in [6.45, 7) is 7.23. The minimum absolute atomic E-state index is 0. The van der Waals surface area contributed by atoms with Gasteiger partial charge in [-0.3, -0.25) is 9.79 Å². The third-order valence-corrected chi connectivity index (χ3v) is 5.43. The fourth-order valence-electron chi connectivity index (χ4n) is 3.07. The molecule has 2 rings (SSSR count). The lowest BCUT2D eigenvalue weighted by Crippen LogP contribution is -2.55. The lowest BCUT2D eigenvalue weighted by molar-refractivity contribution is -0.142. The van der Waals surface area contributed by atoms with Crippen LogP contribution in [0.15, 0.2) is 4.99 Å². The molecule has 1 amide bonds. The van der Waals surface area contributed by atoms with Gasteiger partial charge in [0.05, 0.1) is 25.5 Å². The smallest absolute Gasteiger partial charge is 0.251 e. The molecular weight excluding hydrogens is 499 g/mol. The van der Waals surface area contributed by atoms with E-state index in [1.807, 2.05) is 11.8 Å². The van der Waals surface area contributed by atoms with Gasteiger partial charge in [0.25, 0.3) is 5.91 Å². The fraction of sp³-hybridized carbons (Fsp3) is 0.882. The highest BCUT2D eigenvalue weighted by Crippen LogP contribution is 2.16. The SMILES string of the molecule is CCNC(=NCCOCCS(C)(=O)=O)N1CCN(C(=O)C2CCCO2)CC1.I. The molecule has 0 aromatic heterocycles. The van der Waals surface area contributed by atoms with Crippen molar-refractivity contribution in [3.8, 4) is 0 Å². The van der Waals surface area contributed by atoms with Gasteiger partial charge >= 0.3 is 0 Å². The standard InChI is InChI=1S/C17H32N4O5S.HI/c1-3-18-17(19-6-12-25-13-14-27(2,23)24)21-9-7-20(8-10-21)16(22)15-5-4-11-26-15;/h15H,3-14H2,1-2H3,(H,18,19);1H. The van der Waals surface area contributed by atoms with Crippen LogP contribution in [-0.4, -0.2) is 107 Å². The molecule has 9 nitrogen and oxygen atoms in total. The second kappa shape index (κ2) is 12.8. The summed E-state index contributed by atoms with van der Waals surface area (Å²) >= 11 is 0. The molecule has 1 N–H and O–H groups in total. The highest BCUT2D eigenvalue weighted by Gasteiger charge is 2.30. The maximum absolute atomic E-state index is 12.4. The largest absolute Gasteiger partial charge is 0.378 e. The Labute approximate surface area is 185 Å². The first-order valence-corrected chi connectivity index (χ1v) is 11.7. The van der Waals surface area contributed by atoms with E-state index in [-0.39, 0.29) is 48.3 Å². The number of halogens is 1. The van der Waals surface area contributed by atoms with Gasteiger partial charge in [-0.05, 0) is 19.8 Å². The van der Waals surface area contributed by atoms with E-state index in [0.717, 1.165) is 38.4 Å². The Kier molecular flexibility index (Phi) is 11.6. The van der Waals surface area contributed by atoms with Gasteiger partial charge in [-0.2, -0.15) is 0 Å². The molecular formula is C17H33IN4O5S. The zero-order valence-corrected chi connectivity index (χ0v) is 19.9. The number of carbonyl (C=O) groups excluding carboxylic acids is 1. The Morgan fingerprint density at radius 2 is 1.89 bits per heavy atom. The number of carbonyl (C=O) groups is 1. The average Bonchev–Trinajstić information content (AvgIpc) is 3.17. The van der Waals surface area contributed by atoms with E-state index in [4.69, 9.17) is 9.47 Å². The number of nitrogens with one attached hydrogen (secondary N) is 1. The summed E-state index contributed by atoms with van der Waals surface area (Å²) in [6, 6.07) is 0. The Morgan fingerprint density at radius 1 is 1.21 bits per heavy atom. The molecule has 0 aliphatic carbocycles. The van der Waals surface area contributed by atoms with Gasteiger partial charge in [0, 0.05) is 45.6 Å². The number of sulfone groups is 1. The highest BCUT2D eigenvalue weighted by molar-refractivity contribution is 14.0. The normalized spacial score (nSPS) is 20.8. The number of aliphatic imine (C=N–C) groups is 1. The predicted octanol–water partition coefficient (Wildman–Crippen LogP) is -0.0457. The van der Waals surface area contributed by atoms with Gasteiger partial charge in [0.15, 0.2) is 5.96 Å². The first-order chi connectivity index (χ1) is 12.9. The van der Waals surface area contributed by atoms with Crippen LogP contribution in [-0.2, 0) is 24.1 Å². The van der Waals surface area contributed by atoms with Crippen LogP contribution in [0.1, 0.15) is 19.8 Å². The number of rotatable bonds is 8. The van der Waals surface area contributed by atoms with Crippen LogP contribution in [0.3, 0.4) is 0 Å². The van der Waals surface area contributed by atoms with Gasteiger partial charge in [-0.15, -0.1) is 24.0 Å². The molecule has 164 valence electrons. The van der Waals surface area contributed by atoms with E-state index in [9.17, 15) is 13.2 Å². The number of piperazine rings is 1. The number of nitrogens with zero attached hydrogens (tertiary/aromatic N) is 3. The van der Waals surface area contributed by atoms with Crippen molar-refractivity contribution in [1.82, 2.24) is 15.1 Å². The zero-order chi connectivity index (χ0) is 19.7. The molecule has 0 radical (unpaired) electrons. The van der Waals surface area contributed by atoms with Crippen molar-refractivity contribution >= 4 is 45.7 Å². The fourth-order valence-corrected chi connectivity index (χ4v) is 3.49. The zero-order valence-electron chi connectivity index (χ0n) is 16.8. The average molecular weight is 532 g/mol. The molecule has 1 unspecified atom stereocenters. The second-order valence-electron chi connectivity index (χ2n) is 6.79. The van der Waals surface area contributed by atoms with Gasteiger partial charge in [0.1, 0.15) is 15.9 Å². The van der Waals surface area contributed by atoms with E-state index in [0.29, 0.717) is 32.8 Å². The molecule has 2 aliphatic heterocycles. The first kappa shape index (κ1) is 25.4. The summed E-state index contributed by atoms with van der Waals surface area (Å²) in [5.74, 6) is 0.930. The molecule has 0 aromatic rings.